The molecule has 0 unspecified atom stereocenters. The first-order valence-corrected chi connectivity index (χ1v) is 13.4. The van der Waals surface area contributed by atoms with E-state index in [2.05, 4.69) is 11.8 Å². The molecule has 1 aliphatic heterocycles. The van der Waals surface area contributed by atoms with Gasteiger partial charge in [-0.25, -0.2) is 4.98 Å². The number of carbonyl (C=O) groups is 1. The number of carbonyl (C=O) groups excluding carboxylic acids is 1. The summed E-state index contributed by atoms with van der Waals surface area (Å²) in [4.78, 5) is 36.1. The van der Waals surface area contributed by atoms with Crippen molar-refractivity contribution in [2.24, 2.45) is 0 Å². The van der Waals surface area contributed by atoms with Crippen molar-refractivity contribution in [2.45, 2.75) is 38.4 Å². The first-order chi connectivity index (χ1) is 16.5. The van der Waals surface area contributed by atoms with Crippen LogP contribution in [-0.2, 0) is 13.0 Å². The van der Waals surface area contributed by atoms with Crippen molar-refractivity contribution in [3.05, 3.63) is 86.5 Å². The van der Waals surface area contributed by atoms with Crippen LogP contribution >= 0.6 is 23.1 Å². The maximum atomic E-state index is 13.9. The first kappa shape index (κ1) is 23.0. The SMILES string of the molecule is CCCN1CCc2c(sc3nc(SCC(=O)c4ccccc4)n(-c4ccc(C)cc4)c(=O)c23)C1. The second-order valence-corrected chi connectivity index (χ2v) is 10.7. The molecule has 3 heterocycles. The van der Waals surface area contributed by atoms with Crippen LogP contribution in [0.5, 0.6) is 0 Å². The molecular formula is C27H27N3O2S2. The van der Waals surface area contributed by atoms with E-state index in [0.717, 1.165) is 59.5 Å². The average molecular weight is 490 g/mol. The van der Waals surface area contributed by atoms with Crippen molar-refractivity contribution in [3.8, 4) is 5.69 Å². The Balaban J connectivity index is 1.58. The van der Waals surface area contributed by atoms with Crippen LogP contribution in [0.4, 0.5) is 0 Å². The van der Waals surface area contributed by atoms with E-state index in [1.165, 1.54) is 16.6 Å². The van der Waals surface area contributed by atoms with Crippen molar-refractivity contribution < 1.29 is 4.79 Å². The Kier molecular flexibility index (Phi) is 6.68. The summed E-state index contributed by atoms with van der Waals surface area (Å²) in [6, 6.07) is 17.2. The molecule has 2 aromatic carbocycles. The fourth-order valence-electron chi connectivity index (χ4n) is 4.44. The average Bonchev–Trinajstić information content (AvgIpc) is 3.22. The fraction of sp³-hybridized carbons (Fsp3) is 0.296. The van der Waals surface area contributed by atoms with Crippen LogP contribution in [-0.4, -0.2) is 39.1 Å². The minimum absolute atomic E-state index is 0.0242. The highest BCUT2D eigenvalue weighted by atomic mass is 32.2. The predicted octanol–water partition coefficient (Wildman–Crippen LogP) is 5.50. The third kappa shape index (κ3) is 4.48. The standard InChI is InChI=1S/C27H27N3O2S2/c1-3-14-29-15-13-21-23(16-29)34-25-24(21)26(32)30(20-11-9-18(2)10-12-20)27(28-25)33-17-22(31)19-7-5-4-6-8-19/h4-12H,3,13-17H2,1-2H3. The number of benzene rings is 2. The highest BCUT2D eigenvalue weighted by Crippen LogP contribution is 2.34. The normalized spacial score (nSPS) is 13.8. The van der Waals surface area contributed by atoms with E-state index in [0.29, 0.717) is 10.7 Å². The number of thiophene rings is 1. The summed E-state index contributed by atoms with van der Waals surface area (Å²) >= 11 is 2.96. The van der Waals surface area contributed by atoms with Crippen molar-refractivity contribution in [2.75, 3.05) is 18.8 Å². The maximum Gasteiger partial charge on any atom is 0.267 e. The Labute approximate surface area is 207 Å². The lowest BCUT2D eigenvalue weighted by molar-refractivity contribution is 0.102. The number of hydrogen-bond donors (Lipinski definition) is 0. The lowest BCUT2D eigenvalue weighted by Crippen LogP contribution is -2.31. The van der Waals surface area contributed by atoms with Gasteiger partial charge in [0.25, 0.3) is 5.56 Å². The third-order valence-electron chi connectivity index (χ3n) is 6.18. The topological polar surface area (TPSA) is 55.2 Å². The Bertz CT molecular complexity index is 1390. The molecule has 0 atom stereocenters. The van der Waals surface area contributed by atoms with Crippen LogP contribution in [0, 0.1) is 6.92 Å². The van der Waals surface area contributed by atoms with E-state index in [1.807, 2.05) is 61.5 Å². The van der Waals surface area contributed by atoms with Gasteiger partial charge in [-0.1, -0.05) is 66.7 Å². The molecule has 0 saturated carbocycles. The van der Waals surface area contributed by atoms with Gasteiger partial charge in [0.05, 0.1) is 16.8 Å². The molecule has 0 radical (unpaired) electrons. The largest absolute Gasteiger partial charge is 0.298 e. The number of rotatable bonds is 7. The number of fused-ring (bicyclic) bond motifs is 3. The minimum atomic E-state index is -0.0371. The van der Waals surface area contributed by atoms with Gasteiger partial charge in [-0.15, -0.1) is 11.3 Å². The maximum absolute atomic E-state index is 13.9. The van der Waals surface area contributed by atoms with Crippen LogP contribution in [0.15, 0.2) is 64.5 Å². The van der Waals surface area contributed by atoms with E-state index in [9.17, 15) is 9.59 Å². The molecule has 0 amide bonds. The molecule has 0 bridgehead atoms. The van der Waals surface area contributed by atoms with Crippen molar-refractivity contribution in [1.29, 1.82) is 0 Å². The Morgan fingerprint density at radius 3 is 2.62 bits per heavy atom. The van der Waals surface area contributed by atoms with Gasteiger partial charge in [-0.05, 0) is 44.0 Å². The van der Waals surface area contributed by atoms with Crippen molar-refractivity contribution in [3.63, 3.8) is 0 Å². The highest BCUT2D eigenvalue weighted by Gasteiger charge is 2.25. The van der Waals surface area contributed by atoms with Gasteiger partial charge in [-0.2, -0.15) is 0 Å². The van der Waals surface area contributed by atoms with Crippen molar-refractivity contribution >= 4 is 39.1 Å². The van der Waals surface area contributed by atoms with E-state index in [1.54, 1.807) is 15.9 Å². The van der Waals surface area contributed by atoms with Crippen LogP contribution in [0.2, 0.25) is 0 Å². The van der Waals surface area contributed by atoms with E-state index < -0.39 is 0 Å². The van der Waals surface area contributed by atoms with Crippen LogP contribution in [0.3, 0.4) is 0 Å². The second kappa shape index (κ2) is 9.86. The molecule has 7 heteroatoms. The molecule has 0 spiro atoms. The molecule has 0 aliphatic carbocycles. The molecular weight excluding hydrogens is 462 g/mol. The first-order valence-electron chi connectivity index (χ1n) is 11.6. The number of aryl methyl sites for hydroxylation is 1. The Morgan fingerprint density at radius 1 is 1.12 bits per heavy atom. The zero-order chi connectivity index (χ0) is 23.7. The molecule has 5 nitrogen and oxygen atoms in total. The molecule has 4 aromatic rings. The van der Waals surface area contributed by atoms with Gasteiger partial charge < -0.3 is 0 Å². The van der Waals surface area contributed by atoms with Gasteiger partial charge >= 0.3 is 0 Å². The van der Waals surface area contributed by atoms with Gasteiger partial charge in [0.1, 0.15) is 4.83 Å². The van der Waals surface area contributed by atoms with E-state index in [-0.39, 0.29) is 17.1 Å². The van der Waals surface area contributed by atoms with Gasteiger partial charge in [0.2, 0.25) is 0 Å². The molecule has 174 valence electrons. The molecule has 34 heavy (non-hydrogen) atoms. The third-order valence-corrected chi connectivity index (χ3v) is 8.23. The zero-order valence-electron chi connectivity index (χ0n) is 19.4. The monoisotopic (exact) mass is 489 g/mol. The number of ketones is 1. The van der Waals surface area contributed by atoms with Crippen LogP contribution < -0.4 is 5.56 Å². The minimum Gasteiger partial charge on any atom is -0.298 e. The van der Waals surface area contributed by atoms with Gasteiger partial charge in [0, 0.05) is 23.5 Å². The molecule has 2 aromatic heterocycles. The fourth-order valence-corrected chi connectivity index (χ4v) is 6.65. The summed E-state index contributed by atoms with van der Waals surface area (Å²) in [5.41, 5.74) is 3.70. The second-order valence-electron chi connectivity index (χ2n) is 8.66. The zero-order valence-corrected chi connectivity index (χ0v) is 21.0. The smallest absolute Gasteiger partial charge is 0.267 e. The van der Waals surface area contributed by atoms with E-state index >= 15 is 0 Å². The summed E-state index contributed by atoms with van der Waals surface area (Å²) in [6.07, 6.45) is 1.99. The number of Topliss-reactive ketones (excluding diaryl/α,β-unsaturated/α-hetero) is 1. The van der Waals surface area contributed by atoms with Crippen molar-refractivity contribution in [1.82, 2.24) is 14.5 Å². The lowest BCUT2D eigenvalue weighted by atomic mass is 10.1. The molecule has 0 N–H and O–H groups in total. The number of nitrogens with zero attached hydrogens (tertiary/aromatic N) is 3. The van der Waals surface area contributed by atoms with Crippen LogP contribution in [0.1, 0.15) is 39.7 Å². The summed E-state index contributed by atoms with van der Waals surface area (Å²) < 4.78 is 1.69. The summed E-state index contributed by atoms with van der Waals surface area (Å²) in [6.45, 7) is 7.14. The molecule has 0 fully saturated rings. The number of thioether (sulfide) groups is 1. The quantitative estimate of drug-likeness (QED) is 0.195. The van der Waals surface area contributed by atoms with Gasteiger partial charge in [0.15, 0.2) is 10.9 Å². The number of aromatic nitrogens is 2. The van der Waals surface area contributed by atoms with Crippen LogP contribution in [0.25, 0.3) is 15.9 Å². The number of hydrogen-bond acceptors (Lipinski definition) is 6. The Hall–Kier alpha value is -2.74. The molecule has 0 saturated heterocycles. The summed E-state index contributed by atoms with van der Waals surface area (Å²) in [5, 5.41) is 1.31. The van der Waals surface area contributed by atoms with Gasteiger partial charge in [-0.3, -0.25) is 19.1 Å². The lowest BCUT2D eigenvalue weighted by Gasteiger charge is -2.26. The summed E-state index contributed by atoms with van der Waals surface area (Å²) in [7, 11) is 0. The van der Waals surface area contributed by atoms with E-state index in [4.69, 9.17) is 4.98 Å². The predicted molar refractivity (Wildman–Crippen MR) is 141 cm³/mol. The summed E-state index contributed by atoms with van der Waals surface area (Å²) in [5.74, 6) is 0.250. The highest BCUT2D eigenvalue weighted by molar-refractivity contribution is 7.99. The molecule has 5 rings (SSSR count). The molecule has 1 aliphatic rings. The Morgan fingerprint density at radius 2 is 1.88 bits per heavy atom.